The van der Waals surface area contributed by atoms with Gasteiger partial charge in [0, 0.05) is 5.71 Å². The van der Waals surface area contributed by atoms with Gasteiger partial charge in [-0.15, -0.1) is 0 Å². The molecule has 34 valence electrons. The quantitative estimate of drug-likeness (QED) is 0.490. The molecule has 0 radical (unpaired) electrons. The van der Waals surface area contributed by atoms with Crippen molar-refractivity contribution < 1.29 is 0 Å². The van der Waals surface area contributed by atoms with Crippen molar-refractivity contribution in [1.82, 2.24) is 0 Å². The summed E-state index contributed by atoms with van der Waals surface area (Å²) >= 11 is 0. The molecule has 0 unspecified atom stereocenters. The van der Waals surface area contributed by atoms with Crippen LogP contribution < -0.4 is 0 Å². The van der Waals surface area contributed by atoms with Crippen LogP contribution in [0.5, 0.6) is 0 Å². The zero-order valence-electron chi connectivity index (χ0n) is 3.99. The minimum atomic E-state index is 0.606. The van der Waals surface area contributed by atoms with Gasteiger partial charge in [0.25, 0.3) is 0 Å². The van der Waals surface area contributed by atoms with E-state index in [1.54, 1.807) is 6.08 Å². The second-order valence-corrected chi connectivity index (χ2v) is 1.08. The molecule has 0 aromatic heterocycles. The Labute approximate surface area is 38.2 Å². The fourth-order valence-electron chi connectivity index (χ4n) is 0.144. The highest BCUT2D eigenvalue weighted by Crippen LogP contribution is 1.77. The van der Waals surface area contributed by atoms with Gasteiger partial charge >= 0.3 is 0 Å². The van der Waals surface area contributed by atoms with E-state index in [9.17, 15) is 0 Å². The molecule has 0 aliphatic heterocycles. The van der Waals surface area contributed by atoms with Crippen molar-refractivity contribution in [2.24, 2.45) is 0 Å². The molecule has 1 N–H and O–H groups in total. The Kier molecular flexibility index (Phi) is 2.38. The van der Waals surface area contributed by atoms with Gasteiger partial charge in [-0.1, -0.05) is 13.5 Å². The second-order valence-electron chi connectivity index (χ2n) is 1.08. The number of allylic oxidation sites excluding steroid dienone is 1. The first kappa shape index (κ1) is 5.41. The smallest absolute Gasteiger partial charge is 0.0305 e. The number of hydrogen-bond acceptors (Lipinski definition) is 1. The Hall–Kier alpha value is -0.590. The van der Waals surface area contributed by atoms with Gasteiger partial charge in [-0.05, 0) is 12.5 Å². The lowest BCUT2D eigenvalue weighted by Crippen LogP contribution is -1.81. The topological polar surface area (TPSA) is 23.9 Å². The summed E-state index contributed by atoms with van der Waals surface area (Å²) in [7, 11) is 0. The highest BCUT2D eigenvalue weighted by atomic mass is 14.4. The zero-order valence-corrected chi connectivity index (χ0v) is 3.99. The molecule has 0 rings (SSSR count). The minimum Gasteiger partial charge on any atom is -0.305 e. The van der Waals surface area contributed by atoms with E-state index in [-0.39, 0.29) is 0 Å². The molecule has 0 spiro atoms. The average molecular weight is 83.1 g/mol. The van der Waals surface area contributed by atoms with Crippen LogP contribution in [0.25, 0.3) is 0 Å². The van der Waals surface area contributed by atoms with Crippen LogP contribution in [0.15, 0.2) is 12.7 Å². The highest BCUT2D eigenvalue weighted by Gasteiger charge is 1.75. The van der Waals surface area contributed by atoms with E-state index in [4.69, 9.17) is 5.41 Å². The fourth-order valence-corrected chi connectivity index (χ4v) is 0.144. The van der Waals surface area contributed by atoms with Crippen LogP contribution >= 0.6 is 0 Å². The highest BCUT2D eigenvalue weighted by molar-refractivity contribution is 5.91. The molecule has 1 nitrogen and oxygen atoms in total. The molecule has 0 fully saturated rings. The molecular formula is C5H9N. The van der Waals surface area contributed by atoms with Gasteiger partial charge in [-0.2, -0.15) is 0 Å². The summed E-state index contributed by atoms with van der Waals surface area (Å²) in [6.07, 6.45) is 2.35. The van der Waals surface area contributed by atoms with E-state index in [2.05, 4.69) is 6.58 Å². The van der Waals surface area contributed by atoms with E-state index in [1.165, 1.54) is 0 Å². The summed E-state index contributed by atoms with van der Waals surface area (Å²) < 4.78 is 0. The fraction of sp³-hybridized carbons (Fsp3) is 0.400. The predicted octanol–water partition coefficient (Wildman–Crippen LogP) is 1.60. The van der Waals surface area contributed by atoms with E-state index in [1.807, 2.05) is 6.92 Å². The molecule has 0 aliphatic carbocycles. The summed E-state index contributed by atoms with van der Waals surface area (Å²) in [5.41, 5.74) is 0.606. The number of hydrogen-bond donors (Lipinski definition) is 1. The normalized spacial score (nSPS) is 7.50. The molecule has 6 heavy (non-hydrogen) atoms. The molecule has 0 aromatic rings. The van der Waals surface area contributed by atoms with Crippen molar-refractivity contribution >= 4 is 5.71 Å². The van der Waals surface area contributed by atoms with Crippen LogP contribution in [0, 0.1) is 5.41 Å². The maximum absolute atomic E-state index is 6.87. The predicted molar refractivity (Wildman–Crippen MR) is 28.2 cm³/mol. The maximum Gasteiger partial charge on any atom is 0.0305 e. The third-order valence-corrected chi connectivity index (χ3v) is 0.627. The van der Waals surface area contributed by atoms with Crippen LogP contribution in [-0.4, -0.2) is 5.71 Å². The van der Waals surface area contributed by atoms with Crippen molar-refractivity contribution in [3.8, 4) is 0 Å². The Bertz CT molecular complexity index is 64.3. The lowest BCUT2D eigenvalue weighted by molar-refractivity contribution is 1.26. The summed E-state index contributed by atoms with van der Waals surface area (Å²) in [4.78, 5) is 0. The van der Waals surface area contributed by atoms with E-state index in [0.29, 0.717) is 5.71 Å². The van der Waals surface area contributed by atoms with Crippen molar-refractivity contribution in [3.63, 3.8) is 0 Å². The molecule has 0 saturated heterocycles. The molecule has 0 atom stereocenters. The maximum atomic E-state index is 6.87. The lowest BCUT2D eigenvalue weighted by atomic mass is 10.3. The number of rotatable bonds is 2. The second kappa shape index (κ2) is 2.64. The van der Waals surface area contributed by atoms with Gasteiger partial charge in [0.1, 0.15) is 0 Å². The van der Waals surface area contributed by atoms with Crippen LogP contribution in [0.2, 0.25) is 0 Å². The SMILES string of the molecule is C=CC(=N)CC. The Morgan fingerprint density at radius 1 is 2.00 bits per heavy atom. The van der Waals surface area contributed by atoms with Gasteiger partial charge in [-0.3, -0.25) is 0 Å². The van der Waals surface area contributed by atoms with Crippen LogP contribution in [0.3, 0.4) is 0 Å². The first-order valence-electron chi connectivity index (χ1n) is 2.01. The van der Waals surface area contributed by atoms with Crippen LogP contribution in [-0.2, 0) is 0 Å². The minimum absolute atomic E-state index is 0.606. The average Bonchev–Trinajstić information content (AvgIpc) is 1.65. The van der Waals surface area contributed by atoms with Crippen LogP contribution in [0.1, 0.15) is 13.3 Å². The Morgan fingerprint density at radius 2 is 2.50 bits per heavy atom. The van der Waals surface area contributed by atoms with Crippen molar-refractivity contribution in [1.29, 1.82) is 5.41 Å². The molecule has 1 heteroatoms. The summed E-state index contributed by atoms with van der Waals surface area (Å²) in [5.74, 6) is 0. The van der Waals surface area contributed by atoms with Gasteiger partial charge in [-0.25, -0.2) is 0 Å². The molecule has 0 bridgehead atoms. The van der Waals surface area contributed by atoms with E-state index >= 15 is 0 Å². The Morgan fingerprint density at radius 3 is 2.50 bits per heavy atom. The van der Waals surface area contributed by atoms with Crippen molar-refractivity contribution in [2.45, 2.75) is 13.3 Å². The van der Waals surface area contributed by atoms with Crippen molar-refractivity contribution in [3.05, 3.63) is 12.7 Å². The third-order valence-electron chi connectivity index (χ3n) is 0.627. The monoisotopic (exact) mass is 83.1 g/mol. The number of nitrogens with one attached hydrogen (secondary N) is 1. The lowest BCUT2D eigenvalue weighted by Gasteiger charge is -1.80. The molecule has 0 aromatic carbocycles. The molecular weight excluding hydrogens is 74.1 g/mol. The van der Waals surface area contributed by atoms with Gasteiger partial charge in [0.05, 0.1) is 0 Å². The largest absolute Gasteiger partial charge is 0.305 e. The first-order chi connectivity index (χ1) is 2.81. The summed E-state index contributed by atoms with van der Waals surface area (Å²) in [6, 6.07) is 0. The zero-order chi connectivity index (χ0) is 4.99. The van der Waals surface area contributed by atoms with Crippen molar-refractivity contribution in [2.75, 3.05) is 0 Å². The van der Waals surface area contributed by atoms with Gasteiger partial charge in [0.15, 0.2) is 0 Å². The van der Waals surface area contributed by atoms with E-state index in [0.717, 1.165) is 6.42 Å². The molecule has 0 amide bonds. The molecule has 0 heterocycles. The Balaban J connectivity index is 3.23. The summed E-state index contributed by atoms with van der Waals surface area (Å²) in [6.45, 7) is 5.34. The molecule has 0 aliphatic rings. The van der Waals surface area contributed by atoms with Gasteiger partial charge in [0.2, 0.25) is 0 Å². The van der Waals surface area contributed by atoms with E-state index < -0.39 is 0 Å². The van der Waals surface area contributed by atoms with Crippen LogP contribution in [0.4, 0.5) is 0 Å². The molecule has 0 saturated carbocycles. The van der Waals surface area contributed by atoms with Gasteiger partial charge < -0.3 is 5.41 Å². The summed E-state index contributed by atoms with van der Waals surface area (Å²) in [5, 5.41) is 6.87. The first-order valence-corrected chi connectivity index (χ1v) is 2.01. The standard InChI is InChI=1S/C5H9N/c1-3-5(6)4-2/h3,6H,1,4H2,2H3. The third kappa shape index (κ3) is 1.70.